The van der Waals surface area contributed by atoms with Gasteiger partial charge in [0.1, 0.15) is 6.33 Å². The molecule has 118 valence electrons. The number of nitrogens with zero attached hydrogens (tertiary/aromatic N) is 4. The minimum absolute atomic E-state index is 0.104. The molecular formula is C17H19N5O. The zero-order chi connectivity index (χ0) is 16.5. The molecule has 2 aromatic carbocycles. The van der Waals surface area contributed by atoms with Gasteiger partial charge in [-0.05, 0) is 21.6 Å². The number of aromatic amines is 1. The molecular weight excluding hydrogens is 290 g/mol. The van der Waals surface area contributed by atoms with Crippen molar-refractivity contribution in [3.8, 4) is 0 Å². The van der Waals surface area contributed by atoms with Crippen LogP contribution in [0.1, 0.15) is 17.0 Å². The van der Waals surface area contributed by atoms with Gasteiger partial charge in [0, 0.05) is 14.1 Å². The Labute approximate surface area is 135 Å². The molecule has 0 saturated carbocycles. The molecule has 0 radical (unpaired) electrons. The van der Waals surface area contributed by atoms with E-state index in [-0.39, 0.29) is 11.8 Å². The molecule has 1 N–H and O–H groups in total. The Morgan fingerprint density at radius 3 is 1.78 bits per heavy atom. The van der Waals surface area contributed by atoms with Crippen molar-refractivity contribution in [2.24, 2.45) is 0 Å². The molecule has 0 unspecified atom stereocenters. The first-order chi connectivity index (χ1) is 11.2. The first-order valence-electron chi connectivity index (χ1n) is 7.18. The molecule has 0 saturated heterocycles. The van der Waals surface area contributed by atoms with E-state index in [0.29, 0.717) is 0 Å². The number of aromatic nitrogens is 4. The third-order valence-electron chi connectivity index (χ3n) is 3.22. The molecule has 3 aromatic rings. The largest absolute Gasteiger partial charge is 0.348 e. The quantitative estimate of drug-likeness (QED) is 0.804. The van der Waals surface area contributed by atoms with Gasteiger partial charge in [0.15, 0.2) is 0 Å². The van der Waals surface area contributed by atoms with Gasteiger partial charge >= 0.3 is 0 Å². The Hall–Kier alpha value is -3.02. The maximum atomic E-state index is 12.4. The maximum absolute atomic E-state index is 12.4. The highest BCUT2D eigenvalue weighted by Gasteiger charge is 2.23. The van der Waals surface area contributed by atoms with Crippen LogP contribution in [0.4, 0.5) is 0 Å². The van der Waals surface area contributed by atoms with Gasteiger partial charge < -0.3 is 4.90 Å². The average Bonchev–Trinajstić information content (AvgIpc) is 3.17. The van der Waals surface area contributed by atoms with Crippen LogP contribution in [0.25, 0.3) is 0 Å². The van der Waals surface area contributed by atoms with E-state index in [1.54, 1.807) is 19.0 Å². The summed E-state index contributed by atoms with van der Waals surface area (Å²) in [6.07, 6.45) is 1.40. The summed E-state index contributed by atoms with van der Waals surface area (Å²) in [5, 5.41) is 12.1. The fourth-order valence-electron chi connectivity index (χ4n) is 2.16. The van der Waals surface area contributed by atoms with E-state index in [1.807, 2.05) is 60.7 Å². The van der Waals surface area contributed by atoms with Crippen LogP contribution in [0.3, 0.4) is 0 Å². The predicted molar refractivity (Wildman–Crippen MR) is 87.6 cm³/mol. The summed E-state index contributed by atoms with van der Waals surface area (Å²) in [6, 6.07) is 19.8. The van der Waals surface area contributed by atoms with Gasteiger partial charge in [0.2, 0.25) is 5.91 Å². The van der Waals surface area contributed by atoms with E-state index >= 15 is 0 Å². The number of nitrogens with one attached hydrogen (secondary N) is 1. The minimum Gasteiger partial charge on any atom is -0.348 e. The molecule has 0 aliphatic rings. The summed E-state index contributed by atoms with van der Waals surface area (Å²) in [5.41, 5.74) is 2.06. The van der Waals surface area contributed by atoms with Gasteiger partial charge in [-0.25, -0.2) is 5.10 Å². The van der Waals surface area contributed by atoms with Gasteiger partial charge in [0.25, 0.3) is 0 Å². The highest BCUT2D eigenvalue weighted by Crippen LogP contribution is 2.25. The van der Waals surface area contributed by atoms with Gasteiger partial charge in [-0.3, -0.25) is 4.79 Å². The van der Waals surface area contributed by atoms with E-state index in [0.717, 1.165) is 11.1 Å². The molecule has 0 spiro atoms. The number of hydrogen-bond acceptors (Lipinski definition) is 4. The van der Waals surface area contributed by atoms with Crippen LogP contribution in [-0.2, 0) is 4.79 Å². The van der Waals surface area contributed by atoms with E-state index in [1.165, 1.54) is 6.33 Å². The monoisotopic (exact) mass is 309 g/mol. The molecule has 6 nitrogen and oxygen atoms in total. The summed E-state index contributed by atoms with van der Waals surface area (Å²) < 4.78 is 0. The second kappa shape index (κ2) is 8.43. The van der Waals surface area contributed by atoms with E-state index in [9.17, 15) is 4.79 Å². The van der Waals surface area contributed by atoms with Crippen molar-refractivity contribution in [1.29, 1.82) is 0 Å². The number of H-pyrrole nitrogens is 1. The lowest BCUT2D eigenvalue weighted by molar-refractivity contribution is -0.129. The number of carbonyl (C=O) groups is 1. The molecule has 1 amide bonds. The van der Waals surface area contributed by atoms with Gasteiger partial charge in [-0.1, -0.05) is 60.7 Å². The van der Waals surface area contributed by atoms with Crippen LogP contribution in [-0.4, -0.2) is 45.5 Å². The van der Waals surface area contributed by atoms with Gasteiger partial charge in [0.05, 0.1) is 5.92 Å². The molecule has 1 aromatic heterocycles. The number of hydrogen-bond donors (Lipinski definition) is 1. The van der Waals surface area contributed by atoms with Crippen LogP contribution >= 0.6 is 0 Å². The number of amides is 1. The van der Waals surface area contributed by atoms with E-state index in [4.69, 9.17) is 0 Å². The number of rotatable bonds is 3. The molecule has 0 bridgehead atoms. The lowest BCUT2D eigenvalue weighted by Gasteiger charge is -2.21. The van der Waals surface area contributed by atoms with Crippen LogP contribution in [0.5, 0.6) is 0 Å². The number of likely N-dealkylation sites (N-methyl/N-ethyl adjacent to an activating group) is 1. The highest BCUT2D eigenvalue weighted by atomic mass is 16.2. The topological polar surface area (TPSA) is 74.8 Å². The van der Waals surface area contributed by atoms with Crippen LogP contribution < -0.4 is 0 Å². The number of benzene rings is 2. The van der Waals surface area contributed by atoms with Crippen molar-refractivity contribution in [2.75, 3.05) is 14.1 Å². The summed E-state index contributed by atoms with van der Waals surface area (Å²) in [6.45, 7) is 0. The van der Waals surface area contributed by atoms with Crippen LogP contribution in [0.2, 0.25) is 0 Å². The van der Waals surface area contributed by atoms with Gasteiger partial charge in [-0.15, -0.1) is 5.10 Å². The van der Waals surface area contributed by atoms with Crippen LogP contribution in [0, 0.1) is 0 Å². The molecule has 0 aliphatic heterocycles. The second-order valence-corrected chi connectivity index (χ2v) is 5.05. The molecule has 0 aliphatic carbocycles. The molecule has 23 heavy (non-hydrogen) atoms. The van der Waals surface area contributed by atoms with E-state index in [2.05, 4.69) is 20.6 Å². The second-order valence-electron chi connectivity index (χ2n) is 5.05. The first kappa shape index (κ1) is 16.4. The van der Waals surface area contributed by atoms with Gasteiger partial charge in [-0.2, -0.15) is 0 Å². The average molecular weight is 309 g/mol. The summed E-state index contributed by atoms with van der Waals surface area (Å²) in [5.74, 6) is -0.116. The zero-order valence-electron chi connectivity index (χ0n) is 13.1. The predicted octanol–water partition coefficient (Wildman–Crippen LogP) is 2.11. The van der Waals surface area contributed by atoms with E-state index < -0.39 is 0 Å². The zero-order valence-corrected chi connectivity index (χ0v) is 13.1. The Balaban J connectivity index is 0.000000326. The molecule has 0 fully saturated rings. The Morgan fingerprint density at radius 1 is 0.957 bits per heavy atom. The Morgan fingerprint density at radius 2 is 1.48 bits per heavy atom. The van der Waals surface area contributed by atoms with Crippen molar-refractivity contribution < 1.29 is 4.79 Å². The fraction of sp³-hybridized carbons (Fsp3) is 0.176. The molecule has 6 heteroatoms. The van der Waals surface area contributed by atoms with Crippen LogP contribution in [0.15, 0.2) is 67.0 Å². The first-order valence-corrected chi connectivity index (χ1v) is 7.18. The summed E-state index contributed by atoms with van der Waals surface area (Å²) >= 11 is 0. The highest BCUT2D eigenvalue weighted by molar-refractivity contribution is 5.86. The fourth-order valence-corrected chi connectivity index (χ4v) is 2.16. The van der Waals surface area contributed by atoms with Crippen molar-refractivity contribution in [2.45, 2.75) is 5.92 Å². The molecule has 3 rings (SSSR count). The number of tetrazole rings is 1. The SMILES string of the molecule is CN(C)C(=O)C(c1ccccc1)c1ccccc1.c1nnn[nH]1. The third kappa shape index (κ3) is 4.74. The molecule has 0 atom stereocenters. The van der Waals surface area contributed by atoms with Crippen molar-refractivity contribution in [3.05, 3.63) is 78.1 Å². The minimum atomic E-state index is -0.220. The molecule has 1 heterocycles. The standard InChI is InChI=1S/C16H17NO.CH2N4/c1-17(2)16(18)15(13-9-5-3-6-10-13)14-11-7-4-8-12-14;1-2-4-5-3-1/h3-12,15H,1-2H3;1H,(H,2,3,4,5). The Bertz CT molecular complexity index is 627. The third-order valence-corrected chi connectivity index (χ3v) is 3.22. The number of carbonyl (C=O) groups excluding carboxylic acids is 1. The van der Waals surface area contributed by atoms with Crippen molar-refractivity contribution in [3.63, 3.8) is 0 Å². The van der Waals surface area contributed by atoms with Crippen molar-refractivity contribution in [1.82, 2.24) is 25.5 Å². The summed E-state index contributed by atoms with van der Waals surface area (Å²) in [7, 11) is 3.59. The Kier molecular flexibility index (Phi) is 5.99. The maximum Gasteiger partial charge on any atom is 0.234 e. The smallest absolute Gasteiger partial charge is 0.234 e. The lowest BCUT2D eigenvalue weighted by Crippen LogP contribution is -2.28. The normalized spacial score (nSPS) is 9.87. The van der Waals surface area contributed by atoms with Crippen molar-refractivity contribution >= 4 is 5.91 Å². The summed E-state index contributed by atoms with van der Waals surface area (Å²) in [4.78, 5) is 14.0. The lowest BCUT2D eigenvalue weighted by atomic mass is 9.90.